The van der Waals surface area contributed by atoms with Gasteiger partial charge < -0.3 is 24.1 Å². The third-order valence-corrected chi connectivity index (χ3v) is 5.06. The lowest BCUT2D eigenvalue weighted by Gasteiger charge is -2.23. The minimum absolute atomic E-state index is 0.123. The summed E-state index contributed by atoms with van der Waals surface area (Å²) < 4.78 is 16.6. The minimum Gasteiger partial charge on any atom is -0.496 e. The molecule has 1 atom stereocenters. The second-order valence-corrected chi connectivity index (χ2v) is 6.70. The highest BCUT2D eigenvalue weighted by Crippen LogP contribution is 2.30. The molecule has 7 nitrogen and oxygen atoms in total. The van der Waals surface area contributed by atoms with Crippen LogP contribution in [0, 0.1) is 0 Å². The van der Waals surface area contributed by atoms with Crippen LogP contribution >= 0.6 is 0 Å². The van der Waals surface area contributed by atoms with Crippen molar-refractivity contribution in [3.63, 3.8) is 0 Å². The van der Waals surface area contributed by atoms with Gasteiger partial charge in [-0.15, -0.1) is 0 Å². The maximum absolute atomic E-state index is 12.8. The van der Waals surface area contributed by atoms with Gasteiger partial charge >= 0.3 is 0 Å². The first kappa shape index (κ1) is 18.2. The average molecular weight is 381 g/mol. The van der Waals surface area contributed by atoms with Gasteiger partial charge in [-0.05, 0) is 37.1 Å². The van der Waals surface area contributed by atoms with E-state index in [2.05, 4.69) is 15.2 Å². The van der Waals surface area contributed by atoms with Crippen molar-refractivity contribution in [1.82, 2.24) is 10.3 Å². The largest absolute Gasteiger partial charge is 0.496 e. The smallest absolute Gasteiger partial charge is 0.298 e. The third-order valence-electron chi connectivity index (χ3n) is 5.06. The van der Waals surface area contributed by atoms with E-state index in [1.54, 1.807) is 18.2 Å². The predicted molar refractivity (Wildman–Crippen MR) is 106 cm³/mol. The number of ether oxygens (including phenoxy) is 2. The zero-order chi connectivity index (χ0) is 19.5. The number of oxazole rings is 1. The van der Waals surface area contributed by atoms with Gasteiger partial charge in [0, 0.05) is 13.1 Å². The zero-order valence-electron chi connectivity index (χ0n) is 16.0. The number of carbonyl (C=O) groups is 1. The predicted octanol–water partition coefficient (Wildman–Crippen LogP) is 3.24. The quantitative estimate of drug-likeness (QED) is 0.706. The molecule has 1 fully saturated rings. The molecule has 0 aliphatic carbocycles. The van der Waals surface area contributed by atoms with Crippen molar-refractivity contribution in [2.24, 2.45) is 0 Å². The topological polar surface area (TPSA) is 76.8 Å². The van der Waals surface area contributed by atoms with Gasteiger partial charge in [-0.1, -0.05) is 18.2 Å². The van der Waals surface area contributed by atoms with Crippen molar-refractivity contribution in [1.29, 1.82) is 0 Å². The Morgan fingerprint density at radius 1 is 1.18 bits per heavy atom. The molecular formula is C21H23N3O4. The van der Waals surface area contributed by atoms with Gasteiger partial charge in [0.2, 0.25) is 0 Å². The number of nitrogens with one attached hydrogen (secondary N) is 1. The normalized spacial score (nSPS) is 16.4. The number of aromatic nitrogens is 1. The van der Waals surface area contributed by atoms with E-state index in [0.717, 1.165) is 30.5 Å². The Labute approximate surface area is 163 Å². The molecule has 0 radical (unpaired) electrons. The molecule has 3 aromatic rings. The lowest BCUT2D eigenvalue weighted by molar-refractivity contribution is 0.0945. The first-order valence-electron chi connectivity index (χ1n) is 9.32. The standard InChI is InChI=1S/C21H23N3O4/c1-26-17-10-5-11-18(27-2)19(17)20(25)22-13-14-7-6-12-24(14)21-23-15-8-3-4-9-16(15)28-21/h3-5,8-11,14H,6-7,12-13H2,1-2H3,(H,22,25). The molecular weight excluding hydrogens is 358 g/mol. The zero-order valence-corrected chi connectivity index (χ0v) is 16.0. The van der Waals surface area contributed by atoms with E-state index in [0.29, 0.717) is 29.6 Å². The number of amides is 1. The second-order valence-electron chi connectivity index (χ2n) is 6.70. The summed E-state index contributed by atoms with van der Waals surface area (Å²) in [5, 5.41) is 3.01. The van der Waals surface area contributed by atoms with E-state index in [9.17, 15) is 4.79 Å². The van der Waals surface area contributed by atoms with E-state index in [4.69, 9.17) is 13.9 Å². The molecule has 146 valence electrons. The summed E-state index contributed by atoms with van der Waals surface area (Å²) in [6.07, 6.45) is 1.99. The molecule has 2 heterocycles. The van der Waals surface area contributed by atoms with E-state index in [1.165, 1.54) is 14.2 Å². The molecule has 1 aromatic heterocycles. The molecule has 2 aromatic carbocycles. The van der Waals surface area contributed by atoms with Gasteiger partial charge in [0.05, 0.1) is 20.3 Å². The van der Waals surface area contributed by atoms with Gasteiger partial charge in [-0.25, -0.2) is 0 Å². The fourth-order valence-corrected chi connectivity index (χ4v) is 3.66. The van der Waals surface area contributed by atoms with Crippen molar-refractivity contribution in [2.45, 2.75) is 18.9 Å². The molecule has 0 bridgehead atoms. The monoisotopic (exact) mass is 381 g/mol. The Kier molecular flexibility index (Phi) is 5.06. The summed E-state index contributed by atoms with van der Waals surface area (Å²) in [7, 11) is 3.08. The molecule has 4 rings (SSSR count). The summed E-state index contributed by atoms with van der Waals surface area (Å²) in [4.78, 5) is 19.5. The van der Waals surface area contributed by atoms with Crippen LogP contribution in [0.4, 0.5) is 6.01 Å². The fraction of sp³-hybridized carbons (Fsp3) is 0.333. The van der Waals surface area contributed by atoms with Crippen LogP contribution in [-0.4, -0.2) is 44.2 Å². The molecule has 0 spiro atoms. The number of hydrogen-bond acceptors (Lipinski definition) is 6. The highest BCUT2D eigenvalue weighted by Gasteiger charge is 2.29. The van der Waals surface area contributed by atoms with Crippen molar-refractivity contribution in [3.8, 4) is 11.5 Å². The van der Waals surface area contributed by atoms with Crippen LogP contribution < -0.4 is 19.7 Å². The van der Waals surface area contributed by atoms with Crippen molar-refractivity contribution in [2.75, 3.05) is 32.2 Å². The molecule has 1 unspecified atom stereocenters. The number of rotatable bonds is 6. The van der Waals surface area contributed by atoms with Gasteiger partial charge in [0.15, 0.2) is 5.58 Å². The number of para-hydroxylation sites is 2. The maximum Gasteiger partial charge on any atom is 0.298 e. The Morgan fingerprint density at radius 2 is 1.93 bits per heavy atom. The van der Waals surface area contributed by atoms with E-state index in [-0.39, 0.29) is 11.9 Å². The van der Waals surface area contributed by atoms with E-state index < -0.39 is 0 Å². The van der Waals surface area contributed by atoms with Crippen molar-refractivity contribution in [3.05, 3.63) is 48.0 Å². The molecule has 1 aliphatic rings. The van der Waals surface area contributed by atoms with Crippen molar-refractivity contribution >= 4 is 23.0 Å². The highest BCUT2D eigenvalue weighted by molar-refractivity contribution is 5.99. The molecule has 1 N–H and O–H groups in total. The van der Waals surface area contributed by atoms with Crippen LogP contribution in [0.15, 0.2) is 46.9 Å². The van der Waals surface area contributed by atoms with Gasteiger partial charge in [-0.3, -0.25) is 4.79 Å². The van der Waals surface area contributed by atoms with Crippen LogP contribution in [0.2, 0.25) is 0 Å². The Bertz CT molecular complexity index is 929. The lowest BCUT2D eigenvalue weighted by atomic mass is 10.1. The summed E-state index contributed by atoms with van der Waals surface area (Å²) in [5.41, 5.74) is 2.01. The molecule has 1 amide bonds. The van der Waals surface area contributed by atoms with Crippen LogP contribution in [-0.2, 0) is 0 Å². The van der Waals surface area contributed by atoms with Crippen LogP contribution in [0.3, 0.4) is 0 Å². The number of benzene rings is 2. The second kappa shape index (κ2) is 7.80. The first-order valence-corrected chi connectivity index (χ1v) is 9.32. The number of nitrogens with zero attached hydrogens (tertiary/aromatic N) is 2. The fourth-order valence-electron chi connectivity index (χ4n) is 3.66. The first-order chi connectivity index (χ1) is 13.7. The van der Waals surface area contributed by atoms with Gasteiger partial charge in [0.25, 0.3) is 11.9 Å². The SMILES string of the molecule is COc1cccc(OC)c1C(=O)NCC1CCCN1c1nc2ccccc2o1. The third kappa shape index (κ3) is 3.35. The highest BCUT2D eigenvalue weighted by atomic mass is 16.5. The number of fused-ring (bicyclic) bond motifs is 1. The summed E-state index contributed by atoms with van der Waals surface area (Å²) in [5.74, 6) is 0.747. The lowest BCUT2D eigenvalue weighted by Crippen LogP contribution is -2.40. The molecule has 1 aliphatic heterocycles. The van der Waals surface area contributed by atoms with Crippen LogP contribution in [0.5, 0.6) is 11.5 Å². The van der Waals surface area contributed by atoms with Crippen LogP contribution in [0.1, 0.15) is 23.2 Å². The Morgan fingerprint density at radius 3 is 2.64 bits per heavy atom. The number of carbonyl (C=O) groups excluding carboxylic acids is 1. The minimum atomic E-state index is -0.223. The van der Waals surface area contributed by atoms with Crippen molar-refractivity contribution < 1.29 is 18.7 Å². The Balaban J connectivity index is 1.49. The van der Waals surface area contributed by atoms with E-state index >= 15 is 0 Å². The number of methoxy groups -OCH3 is 2. The Hall–Kier alpha value is -3.22. The summed E-state index contributed by atoms with van der Waals surface area (Å²) in [6.45, 7) is 1.34. The summed E-state index contributed by atoms with van der Waals surface area (Å²) in [6, 6.07) is 13.7. The number of anilines is 1. The number of hydrogen-bond donors (Lipinski definition) is 1. The van der Waals surface area contributed by atoms with Gasteiger partial charge in [-0.2, -0.15) is 4.98 Å². The van der Waals surface area contributed by atoms with E-state index in [1.807, 2.05) is 24.3 Å². The molecule has 7 heteroatoms. The molecule has 28 heavy (non-hydrogen) atoms. The summed E-state index contributed by atoms with van der Waals surface area (Å²) >= 11 is 0. The molecule has 0 saturated carbocycles. The van der Waals surface area contributed by atoms with Crippen LogP contribution in [0.25, 0.3) is 11.1 Å². The maximum atomic E-state index is 12.8. The van der Waals surface area contributed by atoms with Gasteiger partial charge in [0.1, 0.15) is 22.6 Å². The average Bonchev–Trinajstić information content (AvgIpc) is 3.37. The molecule has 1 saturated heterocycles.